The van der Waals surface area contributed by atoms with Gasteiger partial charge < -0.3 is 9.84 Å². The van der Waals surface area contributed by atoms with Crippen LogP contribution in [0.3, 0.4) is 0 Å². The van der Waals surface area contributed by atoms with Gasteiger partial charge in [-0.25, -0.2) is 4.79 Å². The summed E-state index contributed by atoms with van der Waals surface area (Å²) < 4.78 is 5.53. The molecule has 0 aliphatic carbocycles. The summed E-state index contributed by atoms with van der Waals surface area (Å²) in [5.41, 5.74) is 2.82. The summed E-state index contributed by atoms with van der Waals surface area (Å²) in [4.78, 5) is 14.3. The second-order valence-electron chi connectivity index (χ2n) is 6.62. The summed E-state index contributed by atoms with van der Waals surface area (Å²) in [5.74, 6) is 0. The fourth-order valence-corrected chi connectivity index (χ4v) is 3.31. The number of fused-ring (bicyclic) bond motifs is 5. The molecule has 0 spiro atoms. The average Bonchev–Trinajstić information content (AvgIpc) is 2.92. The van der Waals surface area contributed by atoms with Gasteiger partial charge in [0.1, 0.15) is 5.60 Å². The molecule has 4 nitrogen and oxygen atoms in total. The largest absolute Gasteiger partial charge is 0.444 e. The Morgan fingerprint density at radius 1 is 1.30 bits per heavy atom. The lowest BCUT2D eigenvalue weighted by molar-refractivity contribution is 0.0177. The van der Waals surface area contributed by atoms with E-state index in [2.05, 4.69) is 0 Å². The van der Waals surface area contributed by atoms with Gasteiger partial charge in [0.2, 0.25) is 0 Å². The van der Waals surface area contributed by atoms with Gasteiger partial charge in [0, 0.05) is 0 Å². The number of benzene rings is 1. The highest BCUT2D eigenvalue weighted by atomic mass is 16.6. The highest BCUT2D eigenvalue weighted by Gasteiger charge is 2.47. The van der Waals surface area contributed by atoms with Gasteiger partial charge in [-0.2, -0.15) is 0 Å². The van der Waals surface area contributed by atoms with Gasteiger partial charge in [-0.3, -0.25) is 4.90 Å². The molecular formula is C16H21NO3. The molecule has 2 aliphatic rings. The lowest BCUT2D eigenvalue weighted by atomic mass is 9.90. The molecule has 1 saturated heterocycles. The van der Waals surface area contributed by atoms with Crippen LogP contribution < -0.4 is 0 Å². The van der Waals surface area contributed by atoms with Crippen molar-refractivity contribution >= 4 is 6.09 Å². The van der Waals surface area contributed by atoms with Crippen LogP contribution in [0.4, 0.5) is 4.79 Å². The van der Waals surface area contributed by atoms with Crippen LogP contribution in [-0.2, 0) is 11.3 Å². The fraction of sp³-hybridized carbons (Fsp3) is 0.562. The maximum Gasteiger partial charge on any atom is 0.411 e. The Bertz CT molecular complexity index is 547. The summed E-state index contributed by atoms with van der Waals surface area (Å²) in [6.07, 6.45) is 1.74. The Labute approximate surface area is 119 Å². The maximum atomic E-state index is 12.4. The topological polar surface area (TPSA) is 49.8 Å². The number of nitrogens with zero attached hydrogens (tertiary/aromatic N) is 1. The normalized spacial score (nSPS) is 23.9. The second-order valence-corrected chi connectivity index (χ2v) is 6.62. The first-order valence-electron chi connectivity index (χ1n) is 7.15. The Morgan fingerprint density at radius 2 is 1.95 bits per heavy atom. The van der Waals surface area contributed by atoms with Crippen molar-refractivity contribution in [3.05, 3.63) is 34.9 Å². The van der Waals surface area contributed by atoms with Crippen LogP contribution in [0.1, 0.15) is 62.4 Å². The van der Waals surface area contributed by atoms with Crippen LogP contribution in [0.25, 0.3) is 0 Å². The van der Waals surface area contributed by atoms with E-state index in [0.29, 0.717) is 0 Å². The average molecular weight is 275 g/mol. The first-order valence-corrected chi connectivity index (χ1v) is 7.15. The molecule has 1 amide bonds. The monoisotopic (exact) mass is 275 g/mol. The van der Waals surface area contributed by atoms with E-state index >= 15 is 0 Å². The number of aliphatic hydroxyl groups is 1. The molecule has 3 rings (SSSR count). The zero-order valence-corrected chi connectivity index (χ0v) is 12.2. The standard InChI is InChI=1S/C16H21NO3/c1-16(2,3)20-15(19)17-13-6-7-14(17)12-8-10(9-18)4-5-11(12)13/h4-5,8,13-14,18H,6-7,9H2,1-3H3. The van der Waals surface area contributed by atoms with Crippen molar-refractivity contribution in [1.29, 1.82) is 0 Å². The van der Waals surface area contributed by atoms with Crippen molar-refractivity contribution in [3.63, 3.8) is 0 Å². The number of hydrogen-bond donors (Lipinski definition) is 1. The van der Waals surface area contributed by atoms with E-state index in [1.54, 1.807) is 0 Å². The lowest BCUT2D eigenvalue weighted by Crippen LogP contribution is -2.34. The van der Waals surface area contributed by atoms with Crippen molar-refractivity contribution in [1.82, 2.24) is 4.90 Å². The Hall–Kier alpha value is -1.55. The molecule has 0 saturated carbocycles. The summed E-state index contributed by atoms with van der Waals surface area (Å²) >= 11 is 0. The molecule has 2 bridgehead atoms. The SMILES string of the molecule is CC(C)(C)OC(=O)N1C2CCC1c1cc(CO)ccc12. The van der Waals surface area contributed by atoms with Crippen LogP contribution >= 0.6 is 0 Å². The highest BCUT2D eigenvalue weighted by Crippen LogP contribution is 2.53. The number of amides is 1. The Balaban J connectivity index is 1.89. The smallest absolute Gasteiger partial charge is 0.411 e. The third-order valence-corrected chi connectivity index (χ3v) is 4.04. The molecule has 2 heterocycles. The van der Waals surface area contributed by atoms with Crippen molar-refractivity contribution in [2.45, 2.75) is 57.9 Å². The predicted molar refractivity (Wildman–Crippen MR) is 75.2 cm³/mol. The molecule has 1 aromatic carbocycles. The quantitative estimate of drug-likeness (QED) is 0.855. The van der Waals surface area contributed by atoms with Gasteiger partial charge in [-0.05, 0) is 50.3 Å². The predicted octanol–water partition coefficient (Wildman–Crippen LogP) is 3.31. The van der Waals surface area contributed by atoms with E-state index in [1.807, 2.05) is 43.9 Å². The number of aliphatic hydroxyl groups excluding tert-OH is 1. The van der Waals surface area contributed by atoms with Crippen molar-refractivity contribution < 1.29 is 14.6 Å². The third-order valence-electron chi connectivity index (χ3n) is 4.04. The minimum atomic E-state index is -0.471. The van der Waals surface area contributed by atoms with Gasteiger partial charge in [0.25, 0.3) is 0 Å². The zero-order chi connectivity index (χ0) is 14.5. The summed E-state index contributed by atoms with van der Waals surface area (Å²) in [6, 6.07) is 6.25. The van der Waals surface area contributed by atoms with E-state index in [0.717, 1.165) is 18.4 Å². The molecule has 2 aliphatic heterocycles. The molecule has 2 unspecified atom stereocenters. The van der Waals surface area contributed by atoms with E-state index in [1.165, 1.54) is 11.1 Å². The first-order chi connectivity index (χ1) is 9.40. The number of rotatable bonds is 1. The highest BCUT2D eigenvalue weighted by molar-refractivity contribution is 5.72. The molecule has 108 valence electrons. The van der Waals surface area contributed by atoms with Gasteiger partial charge in [0.05, 0.1) is 18.7 Å². The number of ether oxygens (including phenoxy) is 1. The first kappa shape index (κ1) is 13.4. The van der Waals surface area contributed by atoms with Crippen LogP contribution in [0.2, 0.25) is 0 Å². The summed E-state index contributed by atoms with van der Waals surface area (Å²) in [7, 11) is 0. The van der Waals surface area contributed by atoms with Gasteiger partial charge >= 0.3 is 6.09 Å². The van der Waals surface area contributed by atoms with Crippen LogP contribution in [0.5, 0.6) is 0 Å². The molecule has 1 aromatic rings. The summed E-state index contributed by atoms with van der Waals surface area (Å²) in [5, 5.41) is 9.26. The van der Waals surface area contributed by atoms with E-state index in [9.17, 15) is 9.90 Å². The second kappa shape index (κ2) is 4.48. The molecule has 1 fully saturated rings. The minimum Gasteiger partial charge on any atom is -0.444 e. The molecule has 4 heteroatoms. The number of hydrogen-bond acceptors (Lipinski definition) is 3. The van der Waals surface area contributed by atoms with Crippen molar-refractivity contribution in [2.24, 2.45) is 0 Å². The van der Waals surface area contributed by atoms with Gasteiger partial charge in [-0.1, -0.05) is 18.2 Å². The molecule has 0 aromatic heterocycles. The number of carbonyl (C=O) groups excluding carboxylic acids is 1. The maximum absolute atomic E-state index is 12.4. The van der Waals surface area contributed by atoms with Gasteiger partial charge in [0.15, 0.2) is 0 Å². The third kappa shape index (κ3) is 2.08. The Kier molecular flexibility index (Phi) is 3.01. The van der Waals surface area contributed by atoms with Crippen molar-refractivity contribution in [2.75, 3.05) is 0 Å². The molecule has 2 atom stereocenters. The molecule has 20 heavy (non-hydrogen) atoms. The van der Waals surface area contributed by atoms with Crippen molar-refractivity contribution in [3.8, 4) is 0 Å². The molecular weight excluding hydrogens is 254 g/mol. The van der Waals surface area contributed by atoms with E-state index < -0.39 is 5.60 Å². The summed E-state index contributed by atoms with van der Waals surface area (Å²) in [6.45, 7) is 5.71. The zero-order valence-electron chi connectivity index (χ0n) is 12.2. The minimum absolute atomic E-state index is 0.0388. The lowest BCUT2D eigenvalue weighted by Gasteiger charge is -2.27. The van der Waals surface area contributed by atoms with Crippen LogP contribution in [-0.4, -0.2) is 21.7 Å². The number of carbonyl (C=O) groups is 1. The van der Waals surface area contributed by atoms with Crippen LogP contribution in [0, 0.1) is 0 Å². The fourth-order valence-electron chi connectivity index (χ4n) is 3.31. The molecule has 0 radical (unpaired) electrons. The van der Waals surface area contributed by atoms with Gasteiger partial charge in [-0.15, -0.1) is 0 Å². The Morgan fingerprint density at radius 3 is 2.55 bits per heavy atom. The van der Waals surface area contributed by atoms with E-state index in [4.69, 9.17) is 4.74 Å². The van der Waals surface area contributed by atoms with E-state index in [-0.39, 0.29) is 24.8 Å². The van der Waals surface area contributed by atoms with Crippen LogP contribution in [0.15, 0.2) is 18.2 Å². The molecule has 1 N–H and O–H groups in total.